The number of aryl methyl sites for hydroxylation is 1. The van der Waals surface area contributed by atoms with Gasteiger partial charge in [0.2, 0.25) is 0 Å². The molecule has 0 unspecified atom stereocenters. The molecule has 0 aliphatic rings. The Labute approximate surface area is 129 Å². The zero-order chi connectivity index (χ0) is 14.7. The second-order valence-electron chi connectivity index (χ2n) is 4.10. The van der Waals surface area contributed by atoms with Gasteiger partial charge in [0.05, 0.1) is 17.5 Å². The zero-order valence-corrected chi connectivity index (χ0v) is 13.3. The molecule has 20 heavy (non-hydrogen) atoms. The Balaban J connectivity index is 2.38. The van der Waals surface area contributed by atoms with Crippen LogP contribution in [0.2, 0.25) is 0 Å². The first-order valence-electron chi connectivity index (χ1n) is 6.11. The maximum atomic E-state index is 12.4. The highest BCUT2D eigenvalue weighted by Gasteiger charge is 2.09. The summed E-state index contributed by atoms with van der Waals surface area (Å²) in [7, 11) is 0. The largest absolute Gasteiger partial charge is 0.465 e. The third kappa shape index (κ3) is 3.09. The predicted molar refractivity (Wildman–Crippen MR) is 84.3 cm³/mol. The Hall–Kier alpha value is -1.64. The topological polar surface area (TPSA) is 73.2 Å². The van der Waals surface area contributed by atoms with Gasteiger partial charge in [-0.2, -0.15) is 0 Å². The van der Waals surface area contributed by atoms with Gasteiger partial charge in [0.15, 0.2) is 0 Å². The van der Waals surface area contributed by atoms with Gasteiger partial charge >= 0.3 is 5.97 Å². The fourth-order valence-corrected chi connectivity index (χ4v) is 2.30. The molecule has 1 aromatic heterocycles. The van der Waals surface area contributed by atoms with E-state index in [1.54, 1.807) is 26.0 Å². The van der Waals surface area contributed by atoms with Gasteiger partial charge in [0, 0.05) is 3.57 Å². The van der Waals surface area contributed by atoms with Crippen molar-refractivity contribution >= 4 is 39.5 Å². The van der Waals surface area contributed by atoms with Crippen molar-refractivity contribution < 1.29 is 9.53 Å². The molecule has 2 rings (SSSR count). The molecule has 7 heteroatoms. The van der Waals surface area contributed by atoms with Crippen molar-refractivity contribution in [2.45, 2.75) is 13.8 Å². The van der Waals surface area contributed by atoms with Crippen molar-refractivity contribution in [3.05, 3.63) is 37.9 Å². The normalized spacial score (nSPS) is 10.6. The molecule has 1 aromatic carbocycles. The van der Waals surface area contributed by atoms with E-state index in [0.29, 0.717) is 23.3 Å². The third-order valence-electron chi connectivity index (χ3n) is 2.68. The molecule has 0 fully saturated rings. The summed E-state index contributed by atoms with van der Waals surface area (Å²) < 4.78 is 7.04. The van der Waals surface area contributed by atoms with Crippen molar-refractivity contribution in [2.24, 2.45) is 0 Å². The minimum absolute atomic E-state index is 0.0777. The van der Waals surface area contributed by atoms with E-state index in [4.69, 9.17) is 4.74 Å². The van der Waals surface area contributed by atoms with E-state index < -0.39 is 5.97 Å². The minimum Gasteiger partial charge on any atom is -0.465 e. The van der Waals surface area contributed by atoms with Crippen LogP contribution in [0.25, 0.3) is 10.9 Å². The molecule has 1 N–H and O–H groups in total. The highest BCUT2D eigenvalue weighted by molar-refractivity contribution is 14.1. The number of hydrogen-bond donors (Lipinski definition) is 1. The molecular formula is C13H14IN3O3. The number of nitrogens with one attached hydrogen (secondary N) is 1. The molecule has 106 valence electrons. The highest BCUT2D eigenvalue weighted by Crippen LogP contribution is 2.12. The molecule has 0 aliphatic heterocycles. The Morgan fingerprint density at radius 1 is 1.50 bits per heavy atom. The number of carbonyl (C=O) groups is 1. The number of aromatic nitrogens is 2. The number of halogens is 1. The number of nitrogens with zero attached hydrogens (tertiary/aromatic N) is 2. The van der Waals surface area contributed by atoms with E-state index >= 15 is 0 Å². The number of hydrogen-bond acceptors (Lipinski definition) is 5. The van der Waals surface area contributed by atoms with Gasteiger partial charge in [-0.05, 0) is 54.6 Å². The molecule has 6 nitrogen and oxygen atoms in total. The van der Waals surface area contributed by atoms with E-state index in [0.717, 1.165) is 3.57 Å². The first kappa shape index (κ1) is 14.8. The molecule has 2 aromatic rings. The summed E-state index contributed by atoms with van der Waals surface area (Å²) in [4.78, 5) is 28.1. The molecule has 0 saturated heterocycles. The van der Waals surface area contributed by atoms with Gasteiger partial charge in [0.1, 0.15) is 12.4 Å². The zero-order valence-electron chi connectivity index (χ0n) is 11.1. The standard InChI is InChI=1S/C13H14IN3O3/c1-3-20-12(18)7-15-17-8(2)16-11-5-4-9(14)6-10(11)13(17)19/h4-6,15H,3,7H2,1-2H3. The molecule has 0 amide bonds. The van der Waals surface area contributed by atoms with Gasteiger partial charge < -0.3 is 10.2 Å². The SMILES string of the molecule is CCOC(=O)CNn1c(C)nc2ccc(I)cc2c1=O. The van der Waals surface area contributed by atoms with Crippen molar-refractivity contribution in [1.82, 2.24) is 9.66 Å². The van der Waals surface area contributed by atoms with E-state index in [9.17, 15) is 9.59 Å². The summed E-state index contributed by atoms with van der Waals surface area (Å²) in [5, 5.41) is 0.513. The van der Waals surface area contributed by atoms with Gasteiger partial charge in [-0.15, -0.1) is 0 Å². The first-order valence-corrected chi connectivity index (χ1v) is 7.19. The van der Waals surface area contributed by atoms with Gasteiger partial charge in [-0.3, -0.25) is 9.59 Å². The minimum atomic E-state index is -0.415. The van der Waals surface area contributed by atoms with Crippen LogP contribution in [0.15, 0.2) is 23.0 Å². The lowest BCUT2D eigenvalue weighted by molar-refractivity contribution is -0.141. The maximum Gasteiger partial charge on any atom is 0.326 e. The lowest BCUT2D eigenvalue weighted by atomic mass is 10.2. The number of fused-ring (bicyclic) bond motifs is 1. The lowest BCUT2D eigenvalue weighted by Crippen LogP contribution is -2.35. The molecule has 0 spiro atoms. The van der Waals surface area contributed by atoms with Crippen LogP contribution in [0.3, 0.4) is 0 Å². The number of carbonyl (C=O) groups excluding carboxylic acids is 1. The second-order valence-corrected chi connectivity index (χ2v) is 5.35. The molecule has 0 aliphatic carbocycles. The summed E-state index contributed by atoms with van der Waals surface area (Å²) >= 11 is 2.14. The Morgan fingerprint density at radius 3 is 2.95 bits per heavy atom. The van der Waals surface area contributed by atoms with E-state index in [2.05, 4.69) is 33.0 Å². The molecule has 0 radical (unpaired) electrons. The average Bonchev–Trinajstić information content (AvgIpc) is 2.40. The highest BCUT2D eigenvalue weighted by atomic mass is 127. The van der Waals surface area contributed by atoms with Crippen LogP contribution in [0.4, 0.5) is 0 Å². The smallest absolute Gasteiger partial charge is 0.326 e. The van der Waals surface area contributed by atoms with Crippen molar-refractivity contribution in [3.8, 4) is 0 Å². The maximum absolute atomic E-state index is 12.4. The van der Waals surface area contributed by atoms with Crippen molar-refractivity contribution in [2.75, 3.05) is 18.6 Å². The van der Waals surface area contributed by atoms with E-state index in [1.807, 2.05) is 6.07 Å². The molecule has 1 heterocycles. The predicted octanol–water partition coefficient (Wildman–Crippen LogP) is 1.42. The monoisotopic (exact) mass is 387 g/mol. The molecule has 0 atom stereocenters. The summed E-state index contributed by atoms with van der Waals surface area (Å²) in [5.74, 6) is 0.0783. The van der Waals surface area contributed by atoms with Crippen LogP contribution in [-0.4, -0.2) is 28.8 Å². The molecular weight excluding hydrogens is 373 g/mol. The van der Waals surface area contributed by atoms with Gasteiger partial charge in [-0.25, -0.2) is 9.66 Å². The summed E-state index contributed by atoms with van der Waals surface area (Å²) in [5.41, 5.74) is 3.16. The van der Waals surface area contributed by atoms with Crippen LogP contribution >= 0.6 is 22.6 Å². The van der Waals surface area contributed by atoms with Crippen molar-refractivity contribution in [3.63, 3.8) is 0 Å². The molecule has 0 saturated carbocycles. The summed E-state index contributed by atoms with van der Waals surface area (Å²) in [6.07, 6.45) is 0. The Morgan fingerprint density at radius 2 is 2.25 bits per heavy atom. The van der Waals surface area contributed by atoms with Crippen LogP contribution in [0, 0.1) is 10.5 Å². The van der Waals surface area contributed by atoms with Crippen LogP contribution in [0.1, 0.15) is 12.7 Å². The van der Waals surface area contributed by atoms with Crippen LogP contribution in [0.5, 0.6) is 0 Å². The van der Waals surface area contributed by atoms with Gasteiger partial charge in [-0.1, -0.05) is 0 Å². The summed E-state index contributed by atoms with van der Waals surface area (Å²) in [6.45, 7) is 3.67. The number of esters is 1. The quantitative estimate of drug-likeness (QED) is 0.635. The Bertz CT molecular complexity index is 712. The fraction of sp³-hybridized carbons (Fsp3) is 0.308. The lowest BCUT2D eigenvalue weighted by Gasteiger charge is -2.12. The third-order valence-corrected chi connectivity index (χ3v) is 3.36. The fourth-order valence-electron chi connectivity index (χ4n) is 1.81. The Kier molecular flexibility index (Phi) is 4.58. The van der Waals surface area contributed by atoms with E-state index in [-0.39, 0.29) is 12.1 Å². The number of ether oxygens (including phenoxy) is 1. The van der Waals surface area contributed by atoms with Gasteiger partial charge in [0.25, 0.3) is 5.56 Å². The van der Waals surface area contributed by atoms with Crippen LogP contribution < -0.4 is 11.0 Å². The number of rotatable bonds is 4. The average molecular weight is 387 g/mol. The number of benzene rings is 1. The van der Waals surface area contributed by atoms with Crippen molar-refractivity contribution in [1.29, 1.82) is 0 Å². The second kappa shape index (κ2) is 6.21. The first-order chi connectivity index (χ1) is 9.52. The molecule has 0 bridgehead atoms. The van der Waals surface area contributed by atoms with Crippen LogP contribution in [-0.2, 0) is 9.53 Å². The summed E-state index contributed by atoms with van der Waals surface area (Å²) in [6, 6.07) is 5.47. The van der Waals surface area contributed by atoms with E-state index in [1.165, 1.54) is 4.68 Å².